The Morgan fingerprint density at radius 1 is 1.33 bits per heavy atom. The van der Waals surface area contributed by atoms with Gasteiger partial charge in [-0.25, -0.2) is 13.1 Å². The van der Waals surface area contributed by atoms with Gasteiger partial charge in [-0.1, -0.05) is 0 Å². The first kappa shape index (κ1) is 14.3. The average Bonchev–Trinajstić information content (AvgIpc) is 2.27. The molecule has 8 nitrogen and oxygen atoms in total. The fraction of sp³-hybridized carbons (Fsp3) is 0.444. The third-order valence-corrected chi connectivity index (χ3v) is 2.67. The fourth-order valence-corrected chi connectivity index (χ4v) is 1.64. The first-order valence-corrected chi connectivity index (χ1v) is 7.09. The van der Waals surface area contributed by atoms with Gasteiger partial charge < -0.3 is 11.1 Å². The first-order chi connectivity index (χ1) is 8.38. The molecule has 0 aromatic carbocycles. The van der Waals surface area contributed by atoms with E-state index in [-0.39, 0.29) is 5.69 Å². The second-order valence-corrected chi connectivity index (χ2v) is 5.45. The van der Waals surface area contributed by atoms with Crippen molar-refractivity contribution in [2.45, 2.75) is 6.42 Å². The monoisotopic (exact) mass is 273 g/mol. The van der Waals surface area contributed by atoms with Crippen LogP contribution in [0.2, 0.25) is 0 Å². The summed E-state index contributed by atoms with van der Waals surface area (Å²) in [6.07, 6.45) is 1.71. The molecule has 0 unspecified atom stereocenters. The maximum absolute atomic E-state index is 10.8. The van der Waals surface area contributed by atoms with Gasteiger partial charge >= 0.3 is 0 Å². The van der Waals surface area contributed by atoms with Gasteiger partial charge in [0, 0.05) is 13.1 Å². The fourth-order valence-electron chi connectivity index (χ4n) is 1.12. The number of primary amides is 1. The van der Waals surface area contributed by atoms with Crippen LogP contribution < -0.4 is 15.8 Å². The zero-order chi connectivity index (χ0) is 13.6. The van der Waals surface area contributed by atoms with Gasteiger partial charge in [-0.15, -0.1) is 10.2 Å². The highest BCUT2D eigenvalue weighted by atomic mass is 32.2. The molecule has 0 bridgehead atoms. The van der Waals surface area contributed by atoms with Crippen molar-refractivity contribution in [2.24, 2.45) is 5.73 Å². The van der Waals surface area contributed by atoms with Crippen molar-refractivity contribution in [1.82, 2.24) is 14.9 Å². The second-order valence-electron chi connectivity index (χ2n) is 3.61. The molecule has 0 atom stereocenters. The van der Waals surface area contributed by atoms with Crippen molar-refractivity contribution >= 4 is 21.7 Å². The van der Waals surface area contributed by atoms with Gasteiger partial charge in [0.2, 0.25) is 10.0 Å². The largest absolute Gasteiger partial charge is 0.369 e. The van der Waals surface area contributed by atoms with E-state index < -0.39 is 15.9 Å². The van der Waals surface area contributed by atoms with E-state index in [1.165, 1.54) is 6.07 Å². The lowest BCUT2D eigenvalue weighted by atomic mass is 10.3. The summed E-state index contributed by atoms with van der Waals surface area (Å²) >= 11 is 0. The van der Waals surface area contributed by atoms with Crippen LogP contribution in [0.25, 0.3) is 0 Å². The molecular formula is C9H15N5O3S. The van der Waals surface area contributed by atoms with E-state index in [9.17, 15) is 13.2 Å². The Morgan fingerprint density at radius 2 is 2.06 bits per heavy atom. The van der Waals surface area contributed by atoms with Crippen molar-refractivity contribution in [3.63, 3.8) is 0 Å². The van der Waals surface area contributed by atoms with Crippen LogP contribution in [0.1, 0.15) is 16.9 Å². The van der Waals surface area contributed by atoms with Crippen LogP contribution in [0.3, 0.4) is 0 Å². The Hall–Kier alpha value is -1.74. The number of sulfonamides is 1. The average molecular weight is 273 g/mol. The van der Waals surface area contributed by atoms with Crippen molar-refractivity contribution in [2.75, 3.05) is 24.7 Å². The summed E-state index contributed by atoms with van der Waals surface area (Å²) in [5.41, 5.74) is 5.11. The Bertz CT molecular complexity index is 499. The Labute approximate surface area is 105 Å². The third kappa shape index (κ3) is 5.55. The minimum atomic E-state index is -3.14. The van der Waals surface area contributed by atoms with E-state index in [2.05, 4.69) is 20.2 Å². The van der Waals surface area contributed by atoms with Gasteiger partial charge in [0.25, 0.3) is 5.91 Å². The summed E-state index contributed by atoms with van der Waals surface area (Å²) in [6.45, 7) is 0.881. The summed E-state index contributed by atoms with van der Waals surface area (Å²) in [5.74, 6) is -0.134. The summed E-state index contributed by atoms with van der Waals surface area (Å²) in [7, 11) is -3.14. The number of hydrogen-bond acceptors (Lipinski definition) is 6. The number of nitrogens with two attached hydrogens (primary N) is 1. The van der Waals surface area contributed by atoms with Crippen LogP contribution in [0.15, 0.2) is 12.1 Å². The molecule has 0 aliphatic rings. The quantitative estimate of drug-likeness (QED) is 0.543. The van der Waals surface area contributed by atoms with E-state index in [1.54, 1.807) is 6.07 Å². The second kappa shape index (κ2) is 6.26. The highest BCUT2D eigenvalue weighted by Crippen LogP contribution is 2.01. The molecule has 4 N–H and O–H groups in total. The summed E-state index contributed by atoms with van der Waals surface area (Å²) in [5, 5.41) is 10.3. The van der Waals surface area contributed by atoms with Crippen LogP contribution in [0.4, 0.5) is 5.82 Å². The van der Waals surface area contributed by atoms with E-state index >= 15 is 0 Å². The maximum Gasteiger partial charge on any atom is 0.269 e. The van der Waals surface area contributed by atoms with Crippen molar-refractivity contribution in [3.05, 3.63) is 17.8 Å². The van der Waals surface area contributed by atoms with E-state index in [1.807, 2.05) is 0 Å². The van der Waals surface area contributed by atoms with Crippen molar-refractivity contribution in [3.8, 4) is 0 Å². The number of carbonyl (C=O) groups excluding carboxylic acids is 1. The highest BCUT2D eigenvalue weighted by molar-refractivity contribution is 7.88. The van der Waals surface area contributed by atoms with Gasteiger partial charge in [0.1, 0.15) is 5.82 Å². The molecule has 0 saturated heterocycles. The Kier molecular flexibility index (Phi) is 4.98. The van der Waals surface area contributed by atoms with Gasteiger partial charge in [-0.05, 0) is 18.6 Å². The molecule has 0 aliphatic carbocycles. The molecular weight excluding hydrogens is 258 g/mol. The van der Waals surface area contributed by atoms with Crippen LogP contribution >= 0.6 is 0 Å². The highest BCUT2D eigenvalue weighted by Gasteiger charge is 2.03. The minimum absolute atomic E-state index is 0.0966. The number of amides is 1. The van der Waals surface area contributed by atoms with Gasteiger partial charge in [0.15, 0.2) is 5.69 Å². The first-order valence-electron chi connectivity index (χ1n) is 5.20. The van der Waals surface area contributed by atoms with Crippen LogP contribution in [0, 0.1) is 0 Å². The zero-order valence-electron chi connectivity index (χ0n) is 9.88. The topological polar surface area (TPSA) is 127 Å². The lowest BCUT2D eigenvalue weighted by Crippen LogP contribution is -2.24. The molecule has 0 saturated carbocycles. The van der Waals surface area contributed by atoms with E-state index in [4.69, 9.17) is 5.73 Å². The molecule has 9 heteroatoms. The summed E-state index contributed by atoms with van der Waals surface area (Å²) < 4.78 is 23.9. The number of carbonyl (C=O) groups is 1. The molecule has 1 rings (SSSR count). The smallest absolute Gasteiger partial charge is 0.269 e. The molecule has 1 aromatic heterocycles. The summed E-state index contributed by atoms with van der Waals surface area (Å²) in [4.78, 5) is 10.7. The molecule has 1 aromatic rings. The Balaban J connectivity index is 2.29. The van der Waals surface area contributed by atoms with Crippen LogP contribution in [-0.4, -0.2) is 43.9 Å². The number of rotatable bonds is 7. The van der Waals surface area contributed by atoms with Crippen molar-refractivity contribution in [1.29, 1.82) is 0 Å². The number of aromatic nitrogens is 2. The number of anilines is 1. The SMILES string of the molecule is CS(=O)(=O)NCCCNc1ccc(C(N)=O)nn1. The predicted molar refractivity (Wildman–Crippen MR) is 66.5 cm³/mol. The number of nitrogens with zero attached hydrogens (tertiary/aromatic N) is 2. The van der Waals surface area contributed by atoms with Gasteiger partial charge in [-0.3, -0.25) is 4.79 Å². The molecule has 18 heavy (non-hydrogen) atoms. The van der Waals surface area contributed by atoms with E-state index in [0.717, 1.165) is 6.26 Å². The maximum atomic E-state index is 10.8. The Morgan fingerprint density at radius 3 is 2.56 bits per heavy atom. The molecule has 0 fully saturated rings. The zero-order valence-corrected chi connectivity index (χ0v) is 10.7. The molecule has 0 aliphatic heterocycles. The van der Waals surface area contributed by atoms with Crippen LogP contribution in [-0.2, 0) is 10.0 Å². The minimum Gasteiger partial charge on any atom is -0.369 e. The number of hydrogen-bond donors (Lipinski definition) is 3. The van der Waals surface area contributed by atoms with E-state index in [0.29, 0.717) is 25.3 Å². The van der Waals surface area contributed by atoms with Gasteiger partial charge in [-0.2, -0.15) is 0 Å². The van der Waals surface area contributed by atoms with Crippen molar-refractivity contribution < 1.29 is 13.2 Å². The lowest BCUT2D eigenvalue weighted by molar-refractivity contribution is 0.0994. The van der Waals surface area contributed by atoms with Gasteiger partial charge in [0.05, 0.1) is 6.26 Å². The molecule has 1 amide bonds. The predicted octanol–water partition coefficient (Wildman–Crippen LogP) is -1.07. The lowest BCUT2D eigenvalue weighted by Gasteiger charge is -2.05. The molecule has 0 radical (unpaired) electrons. The van der Waals surface area contributed by atoms with Crippen LogP contribution in [0.5, 0.6) is 0 Å². The summed E-state index contributed by atoms with van der Waals surface area (Å²) in [6, 6.07) is 3.05. The third-order valence-electron chi connectivity index (χ3n) is 1.94. The molecule has 100 valence electrons. The molecule has 1 heterocycles. The number of nitrogens with one attached hydrogen (secondary N) is 2. The standard InChI is InChI=1S/C9H15N5O3S/c1-18(16,17)12-6-2-5-11-8-4-3-7(9(10)15)13-14-8/h3-4,12H,2,5-6H2,1H3,(H2,10,15)(H,11,14). The normalized spacial score (nSPS) is 11.2. The molecule has 0 spiro atoms.